The van der Waals surface area contributed by atoms with Gasteiger partial charge in [-0.3, -0.25) is 0 Å². The van der Waals surface area contributed by atoms with E-state index >= 15 is 0 Å². The lowest BCUT2D eigenvalue weighted by atomic mass is 10.2. The summed E-state index contributed by atoms with van der Waals surface area (Å²) in [6, 6.07) is 0.653. The molecular formula is C10H18N4O2. The second-order valence-corrected chi connectivity index (χ2v) is 4.04. The highest BCUT2D eigenvalue weighted by Gasteiger charge is 2.26. The van der Waals surface area contributed by atoms with Gasteiger partial charge in [-0.1, -0.05) is 12.0 Å². The average Bonchev–Trinajstić information content (AvgIpc) is 2.78. The maximum atomic E-state index is 5.68. The van der Waals surface area contributed by atoms with Crippen molar-refractivity contribution in [2.75, 3.05) is 24.7 Å². The molecule has 2 N–H and O–H groups in total. The fourth-order valence-corrected chi connectivity index (χ4v) is 1.77. The van der Waals surface area contributed by atoms with Gasteiger partial charge in [-0.15, -0.1) is 5.10 Å². The number of anilines is 1. The van der Waals surface area contributed by atoms with E-state index in [4.69, 9.17) is 14.9 Å². The van der Waals surface area contributed by atoms with Crippen LogP contribution in [-0.4, -0.2) is 36.0 Å². The Kier molecular flexibility index (Phi) is 3.40. The van der Waals surface area contributed by atoms with Crippen LogP contribution in [0, 0.1) is 0 Å². The summed E-state index contributed by atoms with van der Waals surface area (Å²) in [5.74, 6) is 0.483. The van der Waals surface area contributed by atoms with Crippen LogP contribution in [0.2, 0.25) is 0 Å². The van der Waals surface area contributed by atoms with Crippen molar-refractivity contribution in [1.29, 1.82) is 0 Å². The Bertz CT molecular complexity index is 339. The molecule has 0 spiro atoms. The summed E-state index contributed by atoms with van der Waals surface area (Å²) in [7, 11) is 0. The number of nitrogens with two attached hydrogens (primary N) is 1. The predicted molar refractivity (Wildman–Crippen MR) is 59.1 cm³/mol. The minimum atomic E-state index is -0.220. The van der Waals surface area contributed by atoms with E-state index in [0.717, 1.165) is 13.0 Å². The molecule has 0 radical (unpaired) electrons. The third kappa shape index (κ3) is 2.17. The minimum Gasteiger partial charge on any atom is -0.406 e. The Morgan fingerprint density at radius 1 is 1.56 bits per heavy atom. The average molecular weight is 226 g/mol. The lowest BCUT2D eigenvalue weighted by molar-refractivity contribution is 0.0899. The van der Waals surface area contributed by atoms with Crippen molar-refractivity contribution in [2.24, 2.45) is 5.73 Å². The zero-order chi connectivity index (χ0) is 11.5. The molecule has 2 atom stereocenters. The van der Waals surface area contributed by atoms with E-state index < -0.39 is 0 Å². The number of hydrogen-bond acceptors (Lipinski definition) is 6. The maximum absolute atomic E-state index is 5.68. The van der Waals surface area contributed by atoms with Crippen molar-refractivity contribution in [2.45, 2.75) is 32.4 Å². The van der Waals surface area contributed by atoms with Gasteiger partial charge < -0.3 is 19.8 Å². The first kappa shape index (κ1) is 11.3. The van der Waals surface area contributed by atoms with Crippen LogP contribution in [0.4, 0.5) is 6.01 Å². The molecule has 0 aliphatic carbocycles. The van der Waals surface area contributed by atoms with Gasteiger partial charge in [-0.05, 0) is 13.3 Å². The first-order chi connectivity index (χ1) is 7.72. The Morgan fingerprint density at radius 2 is 2.38 bits per heavy atom. The quantitative estimate of drug-likeness (QED) is 0.817. The molecular weight excluding hydrogens is 208 g/mol. The zero-order valence-electron chi connectivity index (χ0n) is 9.72. The molecule has 1 aliphatic rings. The van der Waals surface area contributed by atoms with E-state index in [9.17, 15) is 0 Å². The van der Waals surface area contributed by atoms with Crippen LogP contribution in [0.25, 0.3) is 0 Å². The molecule has 16 heavy (non-hydrogen) atoms. The number of nitrogens with zero attached hydrogens (tertiary/aromatic N) is 3. The second kappa shape index (κ2) is 4.80. The molecule has 90 valence electrons. The number of aromatic nitrogens is 2. The van der Waals surface area contributed by atoms with Crippen LogP contribution in [0.1, 0.15) is 32.2 Å². The third-order valence-corrected chi connectivity index (χ3v) is 2.76. The summed E-state index contributed by atoms with van der Waals surface area (Å²) < 4.78 is 11.0. The van der Waals surface area contributed by atoms with Gasteiger partial charge in [0.15, 0.2) is 0 Å². The Labute approximate surface area is 94.8 Å². The highest BCUT2D eigenvalue weighted by Crippen LogP contribution is 2.21. The summed E-state index contributed by atoms with van der Waals surface area (Å²) in [5, 5.41) is 7.97. The van der Waals surface area contributed by atoms with Crippen molar-refractivity contribution in [1.82, 2.24) is 10.2 Å². The molecule has 6 nitrogen and oxygen atoms in total. The van der Waals surface area contributed by atoms with Gasteiger partial charge >= 0.3 is 6.01 Å². The van der Waals surface area contributed by atoms with E-state index in [-0.39, 0.29) is 6.04 Å². The number of hydrogen-bond donors (Lipinski definition) is 1. The predicted octanol–water partition coefficient (Wildman–Crippen LogP) is 0.705. The minimum absolute atomic E-state index is 0.220. The van der Waals surface area contributed by atoms with Gasteiger partial charge in [-0.2, -0.15) is 0 Å². The van der Waals surface area contributed by atoms with Crippen LogP contribution < -0.4 is 10.6 Å². The molecule has 1 saturated heterocycles. The van der Waals surface area contributed by atoms with Gasteiger partial charge in [0.2, 0.25) is 5.89 Å². The largest absolute Gasteiger partial charge is 0.406 e. The summed E-state index contributed by atoms with van der Waals surface area (Å²) >= 11 is 0. The smallest absolute Gasteiger partial charge is 0.318 e. The molecule has 6 heteroatoms. The van der Waals surface area contributed by atoms with E-state index in [1.54, 1.807) is 0 Å². The van der Waals surface area contributed by atoms with Gasteiger partial charge in [0, 0.05) is 6.54 Å². The summed E-state index contributed by atoms with van der Waals surface area (Å²) in [6.07, 6.45) is 0.996. The van der Waals surface area contributed by atoms with Crippen molar-refractivity contribution >= 4 is 6.01 Å². The highest BCUT2D eigenvalue weighted by atomic mass is 16.5. The van der Waals surface area contributed by atoms with Crippen molar-refractivity contribution in [3.8, 4) is 0 Å². The molecule has 2 unspecified atom stereocenters. The van der Waals surface area contributed by atoms with Crippen LogP contribution in [-0.2, 0) is 4.74 Å². The highest BCUT2D eigenvalue weighted by molar-refractivity contribution is 5.27. The molecule has 0 aromatic carbocycles. The molecule has 0 bridgehead atoms. The Hall–Kier alpha value is -1.14. The third-order valence-electron chi connectivity index (χ3n) is 2.76. The molecule has 1 aliphatic heterocycles. The van der Waals surface area contributed by atoms with Gasteiger partial charge in [0.25, 0.3) is 0 Å². The fraction of sp³-hybridized carbons (Fsp3) is 0.800. The first-order valence-electron chi connectivity index (χ1n) is 5.65. The molecule has 1 aromatic heterocycles. The van der Waals surface area contributed by atoms with Crippen molar-refractivity contribution < 1.29 is 9.15 Å². The molecule has 2 heterocycles. The molecule has 0 saturated carbocycles. The summed E-state index contributed by atoms with van der Waals surface area (Å²) in [4.78, 5) is 2.10. The Balaban J connectivity index is 2.14. The zero-order valence-corrected chi connectivity index (χ0v) is 9.72. The Morgan fingerprint density at radius 3 is 3.00 bits per heavy atom. The molecule has 1 aromatic rings. The number of ether oxygens (including phenoxy) is 1. The van der Waals surface area contributed by atoms with Crippen LogP contribution in [0.3, 0.4) is 0 Å². The maximum Gasteiger partial charge on any atom is 0.318 e. The molecule has 0 amide bonds. The first-order valence-corrected chi connectivity index (χ1v) is 5.65. The van der Waals surface area contributed by atoms with E-state index in [1.165, 1.54) is 0 Å². The monoisotopic (exact) mass is 226 g/mol. The standard InChI is InChI=1S/C10H18N4O2/c1-3-8-6-15-5-4-14(8)10-13-12-9(16-10)7(2)11/h7-8H,3-6,11H2,1-2H3. The van der Waals surface area contributed by atoms with Crippen molar-refractivity contribution in [3.05, 3.63) is 5.89 Å². The number of morpholine rings is 1. The van der Waals surface area contributed by atoms with Crippen molar-refractivity contribution in [3.63, 3.8) is 0 Å². The van der Waals surface area contributed by atoms with Gasteiger partial charge in [0.1, 0.15) is 0 Å². The molecule has 1 fully saturated rings. The van der Waals surface area contributed by atoms with Gasteiger partial charge in [-0.25, -0.2) is 0 Å². The van der Waals surface area contributed by atoms with Crippen LogP contribution in [0.15, 0.2) is 4.42 Å². The normalized spacial score (nSPS) is 23.4. The van der Waals surface area contributed by atoms with E-state index in [2.05, 4.69) is 22.0 Å². The fourth-order valence-electron chi connectivity index (χ4n) is 1.77. The SMILES string of the molecule is CCC1COCCN1c1nnc(C(C)N)o1. The lowest BCUT2D eigenvalue weighted by Gasteiger charge is -2.33. The summed E-state index contributed by atoms with van der Waals surface area (Å²) in [5.41, 5.74) is 5.68. The number of rotatable bonds is 3. The van der Waals surface area contributed by atoms with Gasteiger partial charge in [0.05, 0.1) is 25.3 Å². The summed E-state index contributed by atoms with van der Waals surface area (Å²) in [6.45, 7) is 6.15. The molecule has 2 rings (SSSR count). The van der Waals surface area contributed by atoms with E-state index in [0.29, 0.717) is 31.2 Å². The topological polar surface area (TPSA) is 77.4 Å². The lowest BCUT2D eigenvalue weighted by Crippen LogP contribution is -2.45. The van der Waals surface area contributed by atoms with Crippen LogP contribution >= 0.6 is 0 Å². The second-order valence-electron chi connectivity index (χ2n) is 4.04. The van der Waals surface area contributed by atoms with Crippen LogP contribution in [0.5, 0.6) is 0 Å². The van der Waals surface area contributed by atoms with E-state index in [1.807, 2.05) is 6.92 Å².